The van der Waals surface area contributed by atoms with Gasteiger partial charge < -0.3 is 5.32 Å². The van der Waals surface area contributed by atoms with Crippen molar-refractivity contribution in [2.24, 2.45) is 0 Å². The molecule has 0 fully saturated rings. The number of aromatic nitrogens is 1. The van der Waals surface area contributed by atoms with Crippen molar-refractivity contribution in [1.82, 2.24) is 10.3 Å². The molecule has 1 aromatic heterocycles. The van der Waals surface area contributed by atoms with Gasteiger partial charge in [0.2, 0.25) is 0 Å². The minimum atomic E-state index is 0.529. The maximum atomic E-state index is 4.63. The van der Waals surface area contributed by atoms with E-state index >= 15 is 0 Å². The van der Waals surface area contributed by atoms with Gasteiger partial charge in [-0.05, 0) is 30.5 Å². The molecule has 0 radical (unpaired) electrons. The number of aryl methyl sites for hydroxylation is 1. The highest BCUT2D eigenvalue weighted by Crippen LogP contribution is 2.39. The van der Waals surface area contributed by atoms with Gasteiger partial charge in [-0.15, -0.1) is 11.3 Å². The Kier molecular flexibility index (Phi) is 3.43. The first kappa shape index (κ1) is 11.9. The van der Waals surface area contributed by atoms with Crippen LogP contribution in [0.1, 0.15) is 40.3 Å². The van der Waals surface area contributed by atoms with Gasteiger partial charge in [0, 0.05) is 23.5 Å². The van der Waals surface area contributed by atoms with E-state index in [9.17, 15) is 0 Å². The average Bonchev–Trinajstić information content (AvgIpc) is 3.02. The Morgan fingerprint density at radius 2 is 2.28 bits per heavy atom. The average molecular weight is 258 g/mol. The lowest BCUT2D eigenvalue weighted by Crippen LogP contribution is -2.10. The highest BCUT2D eigenvalue weighted by Gasteiger charge is 2.25. The van der Waals surface area contributed by atoms with Gasteiger partial charge in [-0.1, -0.05) is 31.2 Å². The van der Waals surface area contributed by atoms with Crippen molar-refractivity contribution in [1.29, 1.82) is 0 Å². The Morgan fingerprint density at radius 3 is 3.17 bits per heavy atom. The van der Waals surface area contributed by atoms with Crippen LogP contribution in [0.3, 0.4) is 0 Å². The lowest BCUT2D eigenvalue weighted by molar-refractivity contribution is 0.734. The molecule has 1 unspecified atom stereocenters. The van der Waals surface area contributed by atoms with Gasteiger partial charge in [0.15, 0.2) is 0 Å². The molecule has 0 amide bonds. The zero-order chi connectivity index (χ0) is 12.4. The van der Waals surface area contributed by atoms with Crippen LogP contribution in [0.4, 0.5) is 0 Å². The molecular weight excluding hydrogens is 240 g/mol. The van der Waals surface area contributed by atoms with Crippen molar-refractivity contribution in [3.8, 4) is 0 Å². The van der Waals surface area contributed by atoms with Crippen LogP contribution in [0.2, 0.25) is 0 Å². The Balaban J connectivity index is 1.82. The summed E-state index contributed by atoms with van der Waals surface area (Å²) in [7, 11) is 0. The van der Waals surface area contributed by atoms with Crippen molar-refractivity contribution in [2.45, 2.75) is 32.2 Å². The van der Waals surface area contributed by atoms with Crippen LogP contribution in [0.15, 0.2) is 30.5 Å². The third-order valence-electron chi connectivity index (χ3n) is 3.55. The molecule has 1 aliphatic rings. The minimum Gasteiger partial charge on any atom is -0.312 e. The van der Waals surface area contributed by atoms with Crippen molar-refractivity contribution in [2.75, 3.05) is 6.54 Å². The Bertz CT molecular complexity index is 533. The molecule has 0 saturated heterocycles. The fraction of sp³-hybridized carbons (Fsp3) is 0.400. The molecule has 0 aliphatic heterocycles. The Hall–Kier alpha value is -1.19. The van der Waals surface area contributed by atoms with E-state index in [-0.39, 0.29) is 0 Å². The van der Waals surface area contributed by atoms with Gasteiger partial charge in [-0.25, -0.2) is 4.98 Å². The Labute approximate surface area is 112 Å². The normalized spacial score (nSPS) is 17.9. The van der Waals surface area contributed by atoms with Crippen LogP contribution in [-0.2, 0) is 13.0 Å². The first-order valence-corrected chi connectivity index (χ1v) is 7.43. The van der Waals surface area contributed by atoms with E-state index in [0.29, 0.717) is 5.92 Å². The third kappa shape index (κ3) is 2.20. The van der Waals surface area contributed by atoms with Crippen LogP contribution in [0.25, 0.3) is 0 Å². The summed E-state index contributed by atoms with van der Waals surface area (Å²) in [5, 5.41) is 4.64. The molecule has 1 aromatic carbocycles. The number of benzene rings is 1. The molecule has 3 rings (SSSR count). The first-order valence-electron chi connectivity index (χ1n) is 6.61. The summed E-state index contributed by atoms with van der Waals surface area (Å²) in [4.78, 5) is 5.97. The van der Waals surface area contributed by atoms with Crippen molar-refractivity contribution < 1.29 is 0 Å². The molecule has 2 nitrogen and oxygen atoms in total. The van der Waals surface area contributed by atoms with Crippen molar-refractivity contribution >= 4 is 11.3 Å². The monoisotopic (exact) mass is 258 g/mol. The molecular formula is C15H18N2S. The van der Waals surface area contributed by atoms with Gasteiger partial charge >= 0.3 is 0 Å². The maximum Gasteiger partial charge on any atom is 0.100 e. The largest absolute Gasteiger partial charge is 0.312 e. The van der Waals surface area contributed by atoms with E-state index in [0.717, 1.165) is 13.1 Å². The van der Waals surface area contributed by atoms with Crippen LogP contribution in [0.5, 0.6) is 0 Å². The van der Waals surface area contributed by atoms with Crippen molar-refractivity contribution in [3.63, 3.8) is 0 Å². The first-order chi connectivity index (χ1) is 8.88. The summed E-state index contributed by atoms with van der Waals surface area (Å²) < 4.78 is 0. The summed E-state index contributed by atoms with van der Waals surface area (Å²) in [5.74, 6) is 0.529. The second-order valence-electron chi connectivity index (χ2n) is 4.74. The van der Waals surface area contributed by atoms with E-state index < -0.39 is 0 Å². The number of thiazole rings is 1. The van der Waals surface area contributed by atoms with E-state index in [4.69, 9.17) is 0 Å². The molecule has 1 N–H and O–H groups in total. The van der Waals surface area contributed by atoms with Crippen LogP contribution in [0, 0.1) is 0 Å². The summed E-state index contributed by atoms with van der Waals surface area (Å²) >= 11 is 1.86. The SMILES string of the molecule is CCNCc1cnc(C2CCc3ccccc32)s1. The topological polar surface area (TPSA) is 24.9 Å². The number of hydrogen-bond donors (Lipinski definition) is 1. The molecule has 1 heterocycles. The molecule has 18 heavy (non-hydrogen) atoms. The maximum absolute atomic E-state index is 4.63. The summed E-state index contributed by atoms with van der Waals surface area (Å²) in [6.45, 7) is 4.09. The van der Waals surface area contributed by atoms with Crippen LogP contribution < -0.4 is 5.32 Å². The van der Waals surface area contributed by atoms with Crippen molar-refractivity contribution in [3.05, 3.63) is 51.5 Å². The number of fused-ring (bicyclic) bond motifs is 1. The number of nitrogens with one attached hydrogen (secondary N) is 1. The highest BCUT2D eigenvalue weighted by molar-refractivity contribution is 7.11. The van der Waals surface area contributed by atoms with Gasteiger partial charge in [-0.3, -0.25) is 0 Å². The van der Waals surface area contributed by atoms with Gasteiger partial charge in [-0.2, -0.15) is 0 Å². The number of rotatable bonds is 4. The molecule has 94 valence electrons. The Morgan fingerprint density at radius 1 is 1.39 bits per heavy atom. The molecule has 0 saturated carbocycles. The van der Waals surface area contributed by atoms with Gasteiger partial charge in [0.05, 0.1) is 0 Å². The summed E-state index contributed by atoms with van der Waals surface area (Å²) in [6.07, 6.45) is 4.44. The lowest BCUT2D eigenvalue weighted by Gasteiger charge is -2.07. The summed E-state index contributed by atoms with van der Waals surface area (Å²) in [5.41, 5.74) is 2.99. The molecule has 3 heteroatoms. The predicted molar refractivity (Wildman–Crippen MR) is 76.1 cm³/mol. The fourth-order valence-electron chi connectivity index (χ4n) is 2.63. The highest BCUT2D eigenvalue weighted by atomic mass is 32.1. The van der Waals surface area contributed by atoms with Crippen LogP contribution in [-0.4, -0.2) is 11.5 Å². The smallest absolute Gasteiger partial charge is 0.100 e. The van der Waals surface area contributed by atoms with E-state index in [1.807, 2.05) is 17.5 Å². The van der Waals surface area contributed by atoms with E-state index in [1.165, 1.54) is 33.9 Å². The minimum absolute atomic E-state index is 0.529. The second-order valence-corrected chi connectivity index (χ2v) is 5.88. The lowest BCUT2D eigenvalue weighted by atomic mass is 10.0. The molecule has 1 aliphatic carbocycles. The third-order valence-corrected chi connectivity index (χ3v) is 4.66. The van der Waals surface area contributed by atoms with E-state index in [2.05, 4.69) is 41.5 Å². The zero-order valence-electron chi connectivity index (χ0n) is 10.6. The van der Waals surface area contributed by atoms with Gasteiger partial charge in [0.25, 0.3) is 0 Å². The number of nitrogens with zero attached hydrogens (tertiary/aromatic N) is 1. The summed E-state index contributed by atoms with van der Waals surface area (Å²) in [6, 6.07) is 8.80. The molecule has 0 bridgehead atoms. The fourth-order valence-corrected chi connectivity index (χ4v) is 3.67. The van der Waals surface area contributed by atoms with Crippen LogP contribution >= 0.6 is 11.3 Å². The standard InChI is InChI=1S/C15H18N2S/c1-2-16-9-12-10-17-15(18-12)14-8-7-11-5-3-4-6-13(11)14/h3-6,10,14,16H,2,7-9H2,1H3. The number of hydrogen-bond acceptors (Lipinski definition) is 3. The van der Waals surface area contributed by atoms with E-state index in [1.54, 1.807) is 0 Å². The molecule has 1 atom stereocenters. The van der Waals surface area contributed by atoms with Gasteiger partial charge in [0.1, 0.15) is 5.01 Å². The second kappa shape index (κ2) is 5.21. The predicted octanol–water partition coefficient (Wildman–Crippen LogP) is 3.33. The quantitative estimate of drug-likeness (QED) is 0.910. The molecule has 0 spiro atoms. The zero-order valence-corrected chi connectivity index (χ0v) is 11.5. The molecule has 2 aromatic rings.